The van der Waals surface area contributed by atoms with E-state index >= 15 is 0 Å². The molecule has 0 radical (unpaired) electrons. The monoisotopic (exact) mass is 426 g/mol. The molecule has 0 aromatic carbocycles. The van der Waals surface area contributed by atoms with E-state index in [1.54, 1.807) is 0 Å². The molecular formula is C25H47ClN2O. The van der Waals surface area contributed by atoms with Crippen molar-refractivity contribution in [3.05, 3.63) is 0 Å². The maximum atomic E-state index is 6.37. The Morgan fingerprint density at radius 2 is 1.72 bits per heavy atom. The van der Waals surface area contributed by atoms with Crippen molar-refractivity contribution in [2.45, 2.75) is 103 Å². The second-order valence-electron chi connectivity index (χ2n) is 11.2. The Kier molecular flexibility index (Phi) is 9.17. The van der Waals surface area contributed by atoms with E-state index in [1.165, 1.54) is 77.4 Å². The van der Waals surface area contributed by atoms with Crippen LogP contribution in [0.25, 0.3) is 0 Å². The van der Waals surface area contributed by atoms with Crippen LogP contribution in [0.5, 0.6) is 0 Å². The van der Waals surface area contributed by atoms with E-state index in [-0.39, 0.29) is 0 Å². The van der Waals surface area contributed by atoms with Gasteiger partial charge in [-0.3, -0.25) is 0 Å². The third-order valence-electron chi connectivity index (χ3n) is 8.09. The number of halogens is 1. The normalized spacial score (nSPS) is 32.7. The summed E-state index contributed by atoms with van der Waals surface area (Å²) in [6, 6.07) is 0.557. The summed E-state index contributed by atoms with van der Waals surface area (Å²) in [6.07, 6.45) is 12.3. The zero-order valence-corrected chi connectivity index (χ0v) is 20.4. The number of rotatable bonds is 9. The van der Waals surface area contributed by atoms with E-state index in [1.807, 2.05) is 0 Å². The van der Waals surface area contributed by atoms with Crippen molar-refractivity contribution in [2.75, 3.05) is 32.8 Å². The van der Waals surface area contributed by atoms with E-state index in [9.17, 15) is 0 Å². The molecule has 3 nitrogen and oxygen atoms in total. The number of hydrogen-bond acceptors (Lipinski definition) is 3. The average Bonchev–Trinajstić information content (AvgIpc) is 3.18. The smallest absolute Gasteiger partial charge is 0.0594 e. The summed E-state index contributed by atoms with van der Waals surface area (Å²) in [5.41, 5.74) is 0.412. The average molecular weight is 427 g/mol. The molecule has 1 saturated heterocycles. The molecule has 1 heterocycles. The van der Waals surface area contributed by atoms with E-state index in [2.05, 4.69) is 37.9 Å². The molecule has 2 atom stereocenters. The topological polar surface area (TPSA) is 24.5 Å². The molecule has 2 aliphatic carbocycles. The Morgan fingerprint density at radius 1 is 1.03 bits per heavy atom. The lowest BCUT2D eigenvalue weighted by Crippen LogP contribution is -2.53. The van der Waals surface area contributed by atoms with E-state index < -0.39 is 0 Å². The van der Waals surface area contributed by atoms with Gasteiger partial charge < -0.3 is 15.0 Å². The lowest BCUT2D eigenvalue weighted by atomic mass is 9.64. The molecule has 1 aliphatic heterocycles. The van der Waals surface area contributed by atoms with Gasteiger partial charge in [0, 0.05) is 31.1 Å². The highest BCUT2D eigenvalue weighted by molar-refractivity contribution is 6.20. The van der Waals surface area contributed by atoms with Gasteiger partial charge in [-0.1, -0.05) is 40.5 Å². The van der Waals surface area contributed by atoms with Gasteiger partial charge in [0.15, 0.2) is 0 Å². The van der Waals surface area contributed by atoms with Gasteiger partial charge in [-0.15, -0.1) is 11.6 Å². The van der Waals surface area contributed by atoms with Crippen LogP contribution in [0.3, 0.4) is 0 Å². The molecule has 3 rings (SSSR count). The summed E-state index contributed by atoms with van der Waals surface area (Å²) in [5, 5.41) is 4.25. The van der Waals surface area contributed by atoms with Crippen LogP contribution in [0.2, 0.25) is 0 Å². The SMILES string of the molecule is CC(C)[C@H](CN1CCC(C2CCC(Cl)CC2)C(C)(C)C1)NCCOC1CCCC1. The van der Waals surface area contributed by atoms with Crippen LogP contribution < -0.4 is 5.32 Å². The molecule has 0 spiro atoms. The van der Waals surface area contributed by atoms with Crippen molar-refractivity contribution in [3.63, 3.8) is 0 Å². The Morgan fingerprint density at radius 3 is 2.34 bits per heavy atom. The number of ether oxygens (including phenoxy) is 1. The predicted octanol–water partition coefficient (Wildman–Crippen LogP) is 5.71. The summed E-state index contributed by atoms with van der Waals surface area (Å²) >= 11 is 6.37. The van der Waals surface area contributed by atoms with Crippen molar-refractivity contribution in [2.24, 2.45) is 23.2 Å². The van der Waals surface area contributed by atoms with Crippen molar-refractivity contribution >= 4 is 11.6 Å². The van der Waals surface area contributed by atoms with E-state index in [0.29, 0.717) is 28.9 Å². The molecule has 1 unspecified atom stereocenters. The van der Waals surface area contributed by atoms with Crippen LogP contribution in [-0.2, 0) is 4.74 Å². The van der Waals surface area contributed by atoms with Gasteiger partial charge in [-0.25, -0.2) is 0 Å². The number of piperidine rings is 1. The Labute approximate surface area is 185 Å². The molecule has 0 amide bonds. The van der Waals surface area contributed by atoms with Gasteiger partial charge in [0.2, 0.25) is 0 Å². The fourth-order valence-corrected chi connectivity index (χ4v) is 6.56. The molecular weight excluding hydrogens is 380 g/mol. The first kappa shape index (κ1) is 23.8. The van der Waals surface area contributed by atoms with Crippen molar-refractivity contribution < 1.29 is 4.74 Å². The largest absolute Gasteiger partial charge is 0.377 e. The van der Waals surface area contributed by atoms with Gasteiger partial charge >= 0.3 is 0 Å². The molecule has 2 saturated carbocycles. The van der Waals surface area contributed by atoms with Crippen molar-refractivity contribution in [1.29, 1.82) is 0 Å². The molecule has 29 heavy (non-hydrogen) atoms. The summed E-state index contributed by atoms with van der Waals surface area (Å²) < 4.78 is 6.06. The molecule has 0 aromatic rings. The Balaban J connectivity index is 1.43. The van der Waals surface area contributed by atoms with Crippen molar-refractivity contribution in [3.8, 4) is 0 Å². The fraction of sp³-hybridized carbons (Fsp3) is 1.00. The third kappa shape index (κ3) is 7.09. The minimum Gasteiger partial charge on any atom is -0.377 e. The summed E-state index contributed by atoms with van der Waals surface area (Å²) in [7, 11) is 0. The first-order chi connectivity index (χ1) is 13.8. The second-order valence-corrected chi connectivity index (χ2v) is 11.8. The van der Waals surface area contributed by atoms with Crippen molar-refractivity contribution in [1.82, 2.24) is 10.2 Å². The number of nitrogens with one attached hydrogen (secondary N) is 1. The van der Waals surface area contributed by atoms with Crippen LogP contribution in [-0.4, -0.2) is 55.2 Å². The molecule has 170 valence electrons. The highest BCUT2D eigenvalue weighted by Crippen LogP contribution is 2.45. The van der Waals surface area contributed by atoms with Crippen LogP contribution in [0.15, 0.2) is 0 Å². The molecule has 3 fully saturated rings. The zero-order chi connectivity index (χ0) is 20.9. The number of alkyl halides is 1. The molecule has 1 N–H and O–H groups in total. The molecule has 0 aromatic heterocycles. The quantitative estimate of drug-likeness (QED) is 0.377. The van der Waals surface area contributed by atoms with Gasteiger partial charge in [-0.05, 0) is 74.7 Å². The molecule has 4 heteroatoms. The predicted molar refractivity (Wildman–Crippen MR) is 125 cm³/mol. The molecule has 3 aliphatic rings. The van der Waals surface area contributed by atoms with Crippen LogP contribution >= 0.6 is 11.6 Å². The maximum Gasteiger partial charge on any atom is 0.0594 e. The number of nitrogens with zero attached hydrogens (tertiary/aromatic N) is 1. The summed E-state index contributed by atoms with van der Waals surface area (Å²) in [4.78, 5) is 2.74. The van der Waals surface area contributed by atoms with E-state index in [4.69, 9.17) is 16.3 Å². The van der Waals surface area contributed by atoms with Gasteiger partial charge in [0.25, 0.3) is 0 Å². The van der Waals surface area contributed by atoms with Gasteiger partial charge in [0.1, 0.15) is 0 Å². The summed E-state index contributed by atoms with van der Waals surface area (Å²) in [6.45, 7) is 15.3. The Bertz CT molecular complexity index is 469. The standard InChI is InChI=1S/C25H47ClN2O/c1-19(2)24(27-14-16-29-22-7-5-6-8-22)17-28-15-13-23(25(3,4)18-28)20-9-11-21(26)12-10-20/h19-24,27H,5-18H2,1-4H3/t20?,21?,23?,24-/m0/s1. The fourth-order valence-electron chi connectivity index (χ4n) is 6.31. The van der Waals surface area contributed by atoms with Gasteiger partial charge in [0.05, 0.1) is 12.7 Å². The van der Waals surface area contributed by atoms with Crippen LogP contribution in [0.4, 0.5) is 0 Å². The van der Waals surface area contributed by atoms with E-state index in [0.717, 1.165) is 25.0 Å². The minimum atomic E-state index is 0.412. The Hall–Kier alpha value is 0.170. The lowest BCUT2D eigenvalue weighted by Gasteiger charge is -2.49. The van der Waals surface area contributed by atoms with Crippen LogP contribution in [0, 0.1) is 23.2 Å². The number of likely N-dealkylation sites (tertiary alicyclic amines) is 1. The lowest BCUT2D eigenvalue weighted by molar-refractivity contribution is 0.00376. The highest BCUT2D eigenvalue weighted by atomic mass is 35.5. The second kappa shape index (κ2) is 11.2. The first-order valence-electron chi connectivity index (χ1n) is 12.6. The minimum absolute atomic E-state index is 0.412. The third-order valence-corrected chi connectivity index (χ3v) is 8.52. The van der Waals surface area contributed by atoms with Crippen LogP contribution in [0.1, 0.15) is 85.5 Å². The van der Waals surface area contributed by atoms with Gasteiger partial charge in [-0.2, -0.15) is 0 Å². The molecule has 0 bridgehead atoms. The summed E-state index contributed by atoms with van der Waals surface area (Å²) in [5.74, 6) is 2.42. The first-order valence-corrected chi connectivity index (χ1v) is 13.0. The maximum absolute atomic E-state index is 6.37. The zero-order valence-electron chi connectivity index (χ0n) is 19.6. The number of hydrogen-bond donors (Lipinski definition) is 1. The highest BCUT2D eigenvalue weighted by Gasteiger charge is 2.41.